The third-order valence-corrected chi connectivity index (χ3v) is 2.27. The summed E-state index contributed by atoms with van der Waals surface area (Å²) in [5, 5.41) is 2.67. The van der Waals surface area contributed by atoms with Crippen LogP contribution in [0.4, 0.5) is 17.6 Å². The van der Waals surface area contributed by atoms with Crippen molar-refractivity contribution >= 4 is 23.5 Å². The molecule has 0 saturated heterocycles. The van der Waals surface area contributed by atoms with E-state index in [1.54, 1.807) is 24.3 Å². The Morgan fingerprint density at radius 1 is 1.20 bits per heavy atom. The molecule has 104 valence electrons. The maximum absolute atomic E-state index is 11.1. The molecule has 8 heteroatoms. The third kappa shape index (κ3) is 3.55. The fourth-order valence-electron chi connectivity index (χ4n) is 1.55. The third-order valence-electron chi connectivity index (χ3n) is 2.27. The quantitative estimate of drug-likeness (QED) is 0.743. The minimum Gasteiger partial charge on any atom is -0.483 e. The number of ether oxygens (including phenoxy) is 1. The number of carbonyl (C=O) groups is 1. The molecule has 1 amide bonds. The number of benzene rings is 1. The Hall–Kier alpha value is -2.90. The van der Waals surface area contributed by atoms with Gasteiger partial charge in [0.15, 0.2) is 5.82 Å². The average Bonchev–Trinajstić information content (AvgIpc) is 2.36. The van der Waals surface area contributed by atoms with Crippen LogP contribution >= 0.6 is 0 Å². The van der Waals surface area contributed by atoms with Crippen molar-refractivity contribution in [2.75, 3.05) is 16.8 Å². The molecule has 1 aromatic carbocycles. The molecule has 1 aromatic heterocycles. The van der Waals surface area contributed by atoms with Gasteiger partial charge in [-0.15, -0.1) is 0 Å². The molecule has 0 aliphatic carbocycles. The molecule has 2 aromatic rings. The second-order valence-electron chi connectivity index (χ2n) is 3.93. The van der Waals surface area contributed by atoms with Crippen molar-refractivity contribution in [3.8, 4) is 5.75 Å². The summed E-state index contributed by atoms with van der Waals surface area (Å²) in [5.74, 6) is 0.695. The molecule has 0 fully saturated rings. The first-order chi connectivity index (χ1) is 9.54. The van der Waals surface area contributed by atoms with Crippen LogP contribution in [0, 0.1) is 0 Å². The van der Waals surface area contributed by atoms with Crippen molar-refractivity contribution in [1.82, 2.24) is 15.0 Å². The monoisotopic (exact) mass is 274 g/mol. The number of nitrogens with two attached hydrogens (primary N) is 2. The predicted molar refractivity (Wildman–Crippen MR) is 73.7 cm³/mol. The molecule has 5 N–H and O–H groups in total. The van der Waals surface area contributed by atoms with Gasteiger partial charge in [-0.25, -0.2) is 0 Å². The number of carbonyl (C=O) groups excluding carboxylic acids is 1. The Morgan fingerprint density at radius 2 is 1.85 bits per heavy atom. The van der Waals surface area contributed by atoms with Gasteiger partial charge in [-0.05, 0) is 12.1 Å². The average molecular weight is 274 g/mol. The van der Waals surface area contributed by atoms with Gasteiger partial charge in [0.25, 0.3) is 0 Å². The highest BCUT2D eigenvalue weighted by atomic mass is 16.5. The maximum Gasteiger partial charge on any atom is 0.225 e. The van der Waals surface area contributed by atoms with Gasteiger partial charge in [0, 0.05) is 6.92 Å². The molecule has 0 atom stereocenters. The van der Waals surface area contributed by atoms with Crippen LogP contribution in [0.25, 0.3) is 0 Å². The van der Waals surface area contributed by atoms with E-state index in [0.717, 1.165) is 0 Å². The van der Waals surface area contributed by atoms with Gasteiger partial charge in [0.2, 0.25) is 17.8 Å². The summed E-state index contributed by atoms with van der Waals surface area (Å²) in [6.45, 7) is 1.48. The second-order valence-corrected chi connectivity index (χ2v) is 3.93. The minimum absolute atomic E-state index is 0.0336. The summed E-state index contributed by atoms with van der Waals surface area (Å²) in [7, 11) is 0. The number of hydrogen-bond acceptors (Lipinski definition) is 7. The Balaban J connectivity index is 2.12. The van der Waals surface area contributed by atoms with E-state index in [1.165, 1.54) is 6.92 Å². The van der Waals surface area contributed by atoms with E-state index in [4.69, 9.17) is 16.2 Å². The number of anilines is 3. The number of rotatable bonds is 4. The molecule has 0 bridgehead atoms. The van der Waals surface area contributed by atoms with E-state index in [1.807, 2.05) is 0 Å². The maximum atomic E-state index is 11.1. The Morgan fingerprint density at radius 3 is 2.50 bits per heavy atom. The standard InChI is InChI=1S/C12H14N6O2/c1-7(19)15-8-4-2-3-5-9(8)20-6-10-16-11(13)18-12(14)17-10/h2-5H,6H2,1H3,(H,15,19)(H4,13,14,16,17,18). The number of hydrogen-bond donors (Lipinski definition) is 3. The van der Waals surface area contributed by atoms with Crippen LogP contribution in [0.2, 0.25) is 0 Å². The summed E-state index contributed by atoms with van der Waals surface area (Å²) in [4.78, 5) is 22.6. The van der Waals surface area contributed by atoms with Crippen molar-refractivity contribution in [2.45, 2.75) is 13.5 Å². The summed E-state index contributed by atoms with van der Waals surface area (Å²) in [6.07, 6.45) is 0. The lowest BCUT2D eigenvalue weighted by molar-refractivity contribution is -0.114. The summed E-state index contributed by atoms with van der Waals surface area (Å²) in [6, 6.07) is 7.03. The Bertz CT molecular complexity index is 611. The molecule has 8 nitrogen and oxygen atoms in total. The van der Waals surface area contributed by atoms with Crippen molar-refractivity contribution < 1.29 is 9.53 Å². The van der Waals surface area contributed by atoms with Gasteiger partial charge >= 0.3 is 0 Å². The van der Waals surface area contributed by atoms with Gasteiger partial charge in [-0.1, -0.05) is 12.1 Å². The van der Waals surface area contributed by atoms with Crippen LogP contribution < -0.4 is 21.5 Å². The van der Waals surface area contributed by atoms with Crippen molar-refractivity contribution in [3.05, 3.63) is 30.1 Å². The van der Waals surface area contributed by atoms with Crippen LogP contribution in [0.1, 0.15) is 12.7 Å². The number of aromatic nitrogens is 3. The molecule has 0 spiro atoms. The SMILES string of the molecule is CC(=O)Nc1ccccc1OCc1nc(N)nc(N)n1. The lowest BCUT2D eigenvalue weighted by Gasteiger charge is -2.11. The van der Waals surface area contributed by atoms with Crippen molar-refractivity contribution in [3.63, 3.8) is 0 Å². The highest BCUT2D eigenvalue weighted by Crippen LogP contribution is 2.24. The van der Waals surface area contributed by atoms with Crippen LogP contribution in [0.15, 0.2) is 24.3 Å². The molecular formula is C12H14N6O2. The van der Waals surface area contributed by atoms with E-state index < -0.39 is 0 Å². The number of para-hydroxylation sites is 2. The van der Waals surface area contributed by atoms with E-state index in [9.17, 15) is 4.79 Å². The first kappa shape index (κ1) is 13.5. The first-order valence-corrected chi connectivity index (χ1v) is 5.80. The molecule has 0 aliphatic heterocycles. The Labute approximate surface area is 115 Å². The van der Waals surface area contributed by atoms with Gasteiger partial charge in [-0.2, -0.15) is 15.0 Å². The molecule has 2 rings (SSSR count). The van der Waals surface area contributed by atoms with Crippen LogP contribution in [0.5, 0.6) is 5.75 Å². The molecule has 0 unspecified atom stereocenters. The molecule has 0 saturated carbocycles. The fraction of sp³-hybridized carbons (Fsp3) is 0.167. The lowest BCUT2D eigenvalue weighted by atomic mass is 10.3. The normalized spacial score (nSPS) is 10.1. The number of nitrogens with zero attached hydrogens (tertiary/aromatic N) is 3. The van der Waals surface area contributed by atoms with E-state index in [0.29, 0.717) is 17.3 Å². The lowest BCUT2D eigenvalue weighted by Crippen LogP contribution is -2.11. The predicted octanol–water partition coefficient (Wildman–Crippen LogP) is 0.573. The molecular weight excluding hydrogens is 260 g/mol. The zero-order chi connectivity index (χ0) is 14.5. The zero-order valence-electron chi connectivity index (χ0n) is 10.8. The van der Waals surface area contributed by atoms with Gasteiger partial charge < -0.3 is 21.5 Å². The second kappa shape index (κ2) is 5.83. The number of nitrogens with one attached hydrogen (secondary N) is 1. The summed E-state index contributed by atoms with van der Waals surface area (Å²) >= 11 is 0. The van der Waals surface area contributed by atoms with E-state index in [-0.39, 0.29) is 24.4 Å². The largest absolute Gasteiger partial charge is 0.483 e. The van der Waals surface area contributed by atoms with Crippen LogP contribution in [-0.4, -0.2) is 20.9 Å². The molecule has 20 heavy (non-hydrogen) atoms. The van der Waals surface area contributed by atoms with Crippen LogP contribution in [0.3, 0.4) is 0 Å². The van der Waals surface area contributed by atoms with Gasteiger partial charge in [0.1, 0.15) is 12.4 Å². The van der Waals surface area contributed by atoms with Crippen molar-refractivity contribution in [1.29, 1.82) is 0 Å². The molecule has 0 aliphatic rings. The highest BCUT2D eigenvalue weighted by Gasteiger charge is 2.07. The van der Waals surface area contributed by atoms with Crippen molar-refractivity contribution in [2.24, 2.45) is 0 Å². The topological polar surface area (TPSA) is 129 Å². The van der Waals surface area contributed by atoms with E-state index in [2.05, 4.69) is 20.3 Å². The minimum atomic E-state index is -0.185. The molecule has 0 radical (unpaired) electrons. The summed E-state index contributed by atoms with van der Waals surface area (Å²) in [5.41, 5.74) is 11.5. The first-order valence-electron chi connectivity index (χ1n) is 5.80. The Kier molecular flexibility index (Phi) is 3.94. The van der Waals surface area contributed by atoms with Gasteiger partial charge in [-0.3, -0.25) is 4.79 Å². The van der Waals surface area contributed by atoms with Crippen LogP contribution in [-0.2, 0) is 11.4 Å². The van der Waals surface area contributed by atoms with E-state index >= 15 is 0 Å². The summed E-state index contributed by atoms with van der Waals surface area (Å²) < 4.78 is 5.56. The zero-order valence-corrected chi connectivity index (χ0v) is 10.8. The number of nitrogen functional groups attached to an aromatic ring is 2. The highest BCUT2D eigenvalue weighted by molar-refractivity contribution is 5.90. The molecule has 1 heterocycles. The fourth-order valence-corrected chi connectivity index (χ4v) is 1.55. The smallest absolute Gasteiger partial charge is 0.225 e. The van der Waals surface area contributed by atoms with Gasteiger partial charge in [0.05, 0.1) is 5.69 Å². The number of amides is 1.